The van der Waals surface area contributed by atoms with Crippen molar-refractivity contribution in [2.45, 2.75) is 45.5 Å². The van der Waals surface area contributed by atoms with E-state index in [2.05, 4.69) is 10.4 Å². The molecule has 1 aromatic carbocycles. The van der Waals surface area contributed by atoms with Crippen molar-refractivity contribution in [2.75, 3.05) is 13.2 Å². The molecule has 5 nitrogen and oxygen atoms in total. The first kappa shape index (κ1) is 22.2. The third kappa shape index (κ3) is 4.33. The second kappa shape index (κ2) is 8.13. The second-order valence-electron chi connectivity index (χ2n) is 7.24. The van der Waals surface area contributed by atoms with E-state index < -0.39 is 17.7 Å². The molecule has 1 N–H and O–H groups in total. The zero-order chi connectivity index (χ0) is 19.8. The summed E-state index contributed by atoms with van der Waals surface area (Å²) in [6.45, 7) is 7.54. The van der Waals surface area contributed by atoms with Gasteiger partial charge in [-0.1, -0.05) is 26.0 Å². The molecular formula is C19H23ClF3N3O2. The maximum absolute atomic E-state index is 12.8. The SMILES string of the molecule is CCOC(=O)c1nn(Cc2ccc(C(F)(F)F)cc2)c2c1CNCC2(C)C.Cl. The van der Waals surface area contributed by atoms with Gasteiger partial charge in [0.05, 0.1) is 24.4 Å². The van der Waals surface area contributed by atoms with Gasteiger partial charge >= 0.3 is 12.1 Å². The fraction of sp³-hybridized carbons (Fsp3) is 0.474. The first-order chi connectivity index (χ1) is 12.6. The van der Waals surface area contributed by atoms with Gasteiger partial charge in [-0.15, -0.1) is 12.4 Å². The summed E-state index contributed by atoms with van der Waals surface area (Å²) in [5.74, 6) is -0.487. The molecule has 0 saturated heterocycles. The molecular weight excluding hydrogens is 395 g/mol. The minimum Gasteiger partial charge on any atom is -0.461 e. The third-order valence-electron chi connectivity index (χ3n) is 4.64. The van der Waals surface area contributed by atoms with Crippen LogP contribution in [-0.2, 0) is 29.4 Å². The van der Waals surface area contributed by atoms with Gasteiger partial charge in [0.25, 0.3) is 0 Å². The number of nitrogens with one attached hydrogen (secondary N) is 1. The maximum atomic E-state index is 12.8. The maximum Gasteiger partial charge on any atom is 0.416 e. The Kier molecular flexibility index (Phi) is 6.45. The van der Waals surface area contributed by atoms with Crippen LogP contribution in [0.4, 0.5) is 13.2 Å². The number of rotatable bonds is 4. The highest BCUT2D eigenvalue weighted by Gasteiger charge is 2.36. The van der Waals surface area contributed by atoms with Crippen molar-refractivity contribution < 1.29 is 22.7 Å². The predicted octanol–water partition coefficient (Wildman–Crippen LogP) is 3.93. The van der Waals surface area contributed by atoms with Crippen LogP contribution in [0.3, 0.4) is 0 Å². The summed E-state index contributed by atoms with van der Waals surface area (Å²) >= 11 is 0. The van der Waals surface area contributed by atoms with Crippen LogP contribution in [0.5, 0.6) is 0 Å². The van der Waals surface area contributed by atoms with E-state index in [4.69, 9.17) is 4.74 Å². The lowest BCUT2D eigenvalue weighted by Crippen LogP contribution is -2.40. The number of hydrogen-bond donors (Lipinski definition) is 1. The van der Waals surface area contributed by atoms with Gasteiger partial charge < -0.3 is 10.1 Å². The molecule has 0 fully saturated rings. The van der Waals surface area contributed by atoms with Crippen molar-refractivity contribution in [2.24, 2.45) is 0 Å². The van der Waals surface area contributed by atoms with Crippen LogP contribution in [0.1, 0.15) is 53.6 Å². The molecule has 1 aromatic heterocycles. The van der Waals surface area contributed by atoms with Crippen molar-refractivity contribution in [1.29, 1.82) is 0 Å². The molecule has 0 aliphatic carbocycles. The van der Waals surface area contributed by atoms with Crippen LogP contribution in [0.15, 0.2) is 24.3 Å². The number of fused-ring (bicyclic) bond motifs is 1. The average Bonchev–Trinajstić information content (AvgIpc) is 2.94. The van der Waals surface area contributed by atoms with Crippen LogP contribution < -0.4 is 5.32 Å². The van der Waals surface area contributed by atoms with Gasteiger partial charge in [-0.2, -0.15) is 18.3 Å². The molecule has 28 heavy (non-hydrogen) atoms. The highest BCUT2D eigenvalue weighted by atomic mass is 35.5. The zero-order valence-corrected chi connectivity index (χ0v) is 16.7. The summed E-state index contributed by atoms with van der Waals surface area (Å²) in [5, 5.41) is 7.74. The smallest absolute Gasteiger partial charge is 0.416 e. The Morgan fingerprint density at radius 1 is 1.29 bits per heavy atom. The largest absolute Gasteiger partial charge is 0.461 e. The van der Waals surface area contributed by atoms with Crippen molar-refractivity contribution >= 4 is 18.4 Å². The van der Waals surface area contributed by atoms with E-state index in [1.165, 1.54) is 12.1 Å². The number of carbonyl (C=O) groups is 1. The Hall–Kier alpha value is -2.06. The van der Waals surface area contributed by atoms with Gasteiger partial charge in [-0.25, -0.2) is 4.79 Å². The van der Waals surface area contributed by atoms with Gasteiger partial charge in [-0.3, -0.25) is 4.68 Å². The standard InChI is InChI=1S/C19H22F3N3O2.ClH/c1-4-27-17(26)15-14-9-23-11-18(2,3)16(14)25(24-15)10-12-5-7-13(8-6-12)19(20,21)22;/h5-8,23H,4,9-11H2,1-3H3;1H. The Morgan fingerprint density at radius 3 is 2.50 bits per heavy atom. The van der Waals surface area contributed by atoms with E-state index in [0.717, 1.165) is 23.4 Å². The number of ether oxygens (including phenoxy) is 1. The molecule has 2 aromatic rings. The summed E-state index contributed by atoms with van der Waals surface area (Å²) in [6, 6.07) is 5.00. The molecule has 0 saturated carbocycles. The van der Waals surface area contributed by atoms with Gasteiger partial charge in [0.2, 0.25) is 0 Å². The molecule has 9 heteroatoms. The van der Waals surface area contributed by atoms with Crippen LogP contribution >= 0.6 is 12.4 Å². The molecule has 2 heterocycles. The van der Waals surface area contributed by atoms with Crippen molar-refractivity contribution in [3.05, 3.63) is 52.3 Å². The van der Waals surface area contributed by atoms with E-state index in [9.17, 15) is 18.0 Å². The molecule has 0 bridgehead atoms. The van der Waals surface area contributed by atoms with E-state index in [0.29, 0.717) is 18.7 Å². The average molecular weight is 418 g/mol. The molecule has 0 spiro atoms. The first-order valence-electron chi connectivity index (χ1n) is 8.77. The summed E-state index contributed by atoms with van der Waals surface area (Å²) in [6.07, 6.45) is -4.37. The van der Waals surface area contributed by atoms with Gasteiger partial charge in [0.1, 0.15) is 0 Å². The molecule has 0 unspecified atom stereocenters. The lowest BCUT2D eigenvalue weighted by atomic mass is 9.83. The fourth-order valence-corrected chi connectivity index (χ4v) is 3.46. The molecule has 0 amide bonds. The topological polar surface area (TPSA) is 56.1 Å². The number of aromatic nitrogens is 2. The third-order valence-corrected chi connectivity index (χ3v) is 4.64. The number of carbonyl (C=O) groups excluding carboxylic acids is 1. The zero-order valence-electron chi connectivity index (χ0n) is 15.9. The number of alkyl halides is 3. The van der Waals surface area contributed by atoms with Gasteiger partial charge in [0.15, 0.2) is 5.69 Å². The van der Waals surface area contributed by atoms with Crippen LogP contribution in [0.25, 0.3) is 0 Å². The number of nitrogens with zero attached hydrogens (tertiary/aromatic N) is 2. The Balaban J connectivity index is 0.00000280. The van der Waals surface area contributed by atoms with E-state index >= 15 is 0 Å². The Labute approximate surface area is 167 Å². The molecule has 0 atom stereocenters. The van der Waals surface area contributed by atoms with E-state index in [1.807, 2.05) is 13.8 Å². The minimum atomic E-state index is -4.37. The number of esters is 1. The number of hydrogen-bond acceptors (Lipinski definition) is 4. The highest BCUT2D eigenvalue weighted by Crippen LogP contribution is 2.33. The number of halogens is 4. The lowest BCUT2D eigenvalue weighted by molar-refractivity contribution is -0.137. The van der Waals surface area contributed by atoms with E-state index in [1.54, 1.807) is 11.6 Å². The first-order valence-corrected chi connectivity index (χ1v) is 8.77. The Bertz CT molecular complexity index is 845. The van der Waals surface area contributed by atoms with Crippen molar-refractivity contribution in [1.82, 2.24) is 15.1 Å². The predicted molar refractivity (Wildman–Crippen MR) is 101 cm³/mol. The normalized spacial score (nSPS) is 15.5. The molecule has 3 rings (SSSR count). The summed E-state index contributed by atoms with van der Waals surface area (Å²) < 4.78 is 45.1. The van der Waals surface area contributed by atoms with E-state index in [-0.39, 0.29) is 36.7 Å². The highest BCUT2D eigenvalue weighted by molar-refractivity contribution is 5.89. The van der Waals surface area contributed by atoms with Crippen LogP contribution in [0.2, 0.25) is 0 Å². The summed E-state index contributed by atoms with van der Waals surface area (Å²) in [4.78, 5) is 12.3. The van der Waals surface area contributed by atoms with Crippen LogP contribution in [0, 0.1) is 0 Å². The fourth-order valence-electron chi connectivity index (χ4n) is 3.46. The molecule has 1 aliphatic rings. The van der Waals surface area contributed by atoms with Gasteiger partial charge in [0, 0.05) is 24.1 Å². The molecule has 1 aliphatic heterocycles. The minimum absolute atomic E-state index is 0. The lowest BCUT2D eigenvalue weighted by Gasteiger charge is -2.32. The van der Waals surface area contributed by atoms with Gasteiger partial charge in [-0.05, 0) is 24.6 Å². The molecule has 0 radical (unpaired) electrons. The summed E-state index contributed by atoms with van der Waals surface area (Å²) in [7, 11) is 0. The van der Waals surface area contributed by atoms with Crippen molar-refractivity contribution in [3.63, 3.8) is 0 Å². The Morgan fingerprint density at radius 2 is 1.93 bits per heavy atom. The van der Waals surface area contributed by atoms with Crippen molar-refractivity contribution in [3.8, 4) is 0 Å². The summed E-state index contributed by atoms with van der Waals surface area (Å²) in [5.41, 5.74) is 1.67. The monoisotopic (exact) mass is 417 g/mol. The molecule has 154 valence electrons. The quantitative estimate of drug-likeness (QED) is 0.766. The van der Waals surface area contributed by atoms with Crippen LogP contribution in [-0.4, -0.2) is 28.9 Å². The second-order valence-corrected chi connectivity index (χ2v) is 7.24. The number of benzene rings is 1.